The van der Waals surface area contributed by atoms with Gasteiger partial charge in [0.05, 0.1) is 22.9 Å². The summed E-state index contributed by atoms with van der Waals surface area (Å²) in [4.78, 5) is 0. The molecule has 0 aliphatic heterocycles. The van der Waals surface area contributed by atoms with Crippen LogP contribution in [0.2, 0.25) is 0 Å². The standard InChI is InChI=1S/C11H16N2O5S2/c1-9(12-14)10-5-3-4-6-11(10)13-20(17,18)8-7-19(2,15)16/h3-6,13-14H,7-8H2,1-2H3. The Morgan fingerprint density at radius 3 is 2.35 bits per heavy atom. The third-order valence-electron chi connectivity index (χ3n) is 2.46. The van der Waals surface area contributed by atoms with E-state index in [1.165, 1.54) is 13.0 Å². The predicted molar refractivity (Wildman–Crippen MR) is 77.6 cm³/mol. The van der Waals surface area contributed by atoms with E-state index in [0.717, 1.165) is 6.26 Å². The SMILES string of the molecule is CC(=NO)c1ccccc1NS(=O)(=O)CCS(C)(=O)=O. The van der Waals surface area contributed by atoms with Crippen LogP contribution in [0.1, 0.15) is 12.5 Å². The molecule has 0 bridgehead atoms. The fraction of sp³-hybridized carbons (Fsp3) is 0.364. The number of sulfone groups is 1. The number of nitrogens with zero attached hydrogens (tertiary/aromatic N) is 1. The van der Waals surface area contributed by atoms with Crippen LogP contribution in [-0.4, -0.2) is 45.5 Å². The molecule has 112 valence electrons. The van der Waals surface area contributed by atoms with Crippen molar-refractivity contribution in [2.75, 3.05) is 22.5 Å². The second-order valence-corrected chi connectivity index (χ2v) is 8.38. The minimum atomic E-state index is -3.80. The lowest BCUT2D eigenvalue weighted by atomic mass is 10.1. The molecule has 0 saturated heterocycles. The maximum atomic E-state index is 11.8. The van der Waals surface area contributed by atoms with Crippen LogP contribution < -0.4 is 4.72 Å². The number of nitrogens with one attached hydrogen (secondary N) is 1. The Labute approximate surface area is 118 Å². The normalized spacial score (nSPS) is 13.2. The molecule has 9 heteroatoms. The first-order valence-corrected chi connectivity index (χ1v) is 9.32. The van der Waals surface area contributed by atoms with Crippen molar-refractivity contribution < 1.29 is 22.0 Å². The van der Waals surface area contributed by atoms with Crippen molar-refractivity contribution in [2.45, 2.75) is 6.92 Å². The molecule has 7 nitrogen and oxygen atoms in total. The predicted octanol–water partition coefficient (Wildman–Crippen LogP) is 0.671. The summed E-state index contributed by atoms with van der Waals surface area (Å²) in [6.45, 7) is 1.52. The van der Waals surface area contributed by atoms with E-state index in [0.29, 0.717) is 5.56 Å². The van der Waals surface area contributed by atoms with Gasteiger partial charge in [0.25, 0.3) is 0 Å². The van der Waals surface area contributed by atoms with Gasteiger partial charge in [0, 0.05) is 11.8 Å². The van der Waals surface area contributed by atoms with Crippen molar-refractivity contribution in [1.29, 1.82) is 0 Å². The van der Waals surface area contributed by atoms with Crippen LogP contribution in [0.15, 0.2) is 29.4 Å². The van der Waals surface area contributed by atoms with Gasteiger partial charge >= 0.3 is 0 Å². The van der Waals surface area contributed by atoms with E-state index < -0.39 is 31.4 Å². The summed E-state index contributed by atoms with van der Waals surface area (Å²) in [6, 6.07) is 6.37. The Balaban J connectivity index is 2.99. The van der Waals surface area contributed by atoms with Crippen molar-refractivity contribution in [3.05, 3.63) is 29.8 Å². The highest BCUT2D eigenvalue weighted by molar-refractivity contribution is 7.95. The molecule has 1 aromatic carbocycles. The van der Waals surface area contributed by atoms with Crippen LogP contribution in [0.4, 0.5) is 5.69 Å². The van der Waals surface area contributed by atoms with E-state index in [1.54, 1.807) is 18.2 Å². The van der Waals surface area contributed by atoms with E-state index in [9.17, 15) is 16.8 Å². The number of rotatable bonds is 6. The summed E-state index contributed by atoms with van der Waals surface area (Å²) in [5.41, 5.74) is 0.889. The fourth-order valence-electron chi connectivity index (χ4n) is 1.42. The van der Waals surface area contributed by atoms with Crippen LogP contribution >= 0.6 is 0 Å². The molecule has 0 fully saturated rings. The lowest BCUT2D eigenvalue weighted by Crippen LogP contribution is -2.23. The highest BCUT2D eigenvalue weighted by Crippen LogP contribution is 2.17. The number of anilines is 1. The molecule has 0 saturated carbocycles. The monoisotopic (exact) mass is 320 g/mol. The Bertz CT molecular complexity index is 708. The van der Waals surface area contributed by atoms with Crippen molar-refractivity contribution >= 4 is 31.3 Å². The Morgan fingerprint density at radius 2 is 1.80 bits per heavy atom. The molecule has 0 spiro atoms. The zero-order valence-corrected chi connectivity index (χ0v) is 12.7. The molecule has 0 unspecified atom stereocenters. The summed E-state index contributed by atoms with van der Waals surface area (Å²) < 4.78 is 48.0. The summed E-state index contributed by atoms with van der Waals surface area (Å²) in [5, 5.41) is 11.8. The molecule has 2 N–H and O–H groups in total. The van der Waals surface area contributed by atoms with Gasteiger partial charge in [-0.05, 0) is 13.0 Å². The van der Waals surface area contributed by atoms with Crippen LogP contribution in [0.25, 0.3) is 0 Å². The van der Waals surface area contributed by atoms with Gasteiger partial charge in [-0.1, -0.05) is 23.4 Å². The minimum Gasteiger partial charge on any atom is -0.411 e. The molecule has 0 aliphatic rings. The van der Waals surface area contributed by atoms with Crippen LogP contribution in [0, 0.1) is 0 Å². The Hall–Kier alpha value is -1.61. The second-order valence-electron chi connectivity index (χ2n) is 4.28. The van der Waals surface area contributed by atoms with Crippen molar-refractivity contribution in [3.8, 4) is 0 Å². The zero-order chi connectivity index (χ0) is 15.4. The lowest BCUT2D eigenvalue weighted by Gasteiger charge is -2.11. The average molecular weight is 320 g/mol. The highest BCUT2D eigenvalue weighted by atomic mass is 32.2. The number of hydrogen-bond donors (Lipinski definition) is 2. The topological polar surface area (TPSA) is 113 Å². The van der Waals surface area contributed by atoms with Gasteiger partial charge in [-0.15, -0.1) is 0 Å². The van der Waals surface area contributed by atoms with Gasteiger partial charge in [-0.25, -0.2) is 16.8 Å². The molecular formula is C11H16N2O5S2. The van der Waals surface area contributed by atoms with E-state index in [1.807, 2.05) is 0 Å². The largest absolute Gasteiger partial charge is 0.411 e. The molecule has 0 aromatic heterocycles. The Morgan fingerprint density at radius 1 is 1.20 bits per heavy atom. The van der Waals surface area contributed by atoms with Crippen LogP contribution in [-0.2, 0) is 19.9 Å². The van der Waals surface area contributed by atoms with Crippen LogP contribution in [0.3, 0.4) is 0 Å². The molecular weight excluding hydrogens is 304 g/mol. The first-order valence-electron chi connectivity index (χ1n) is 5.61. The molecule has 20 heavy (non-hydrogen) atoms. The quantitative estimate of drug-likeness (QED) is 0.454. The van der Waals surface area contributed by atoms with E-state index in [4.69, 9.17) is 5.21 Å². The number of para-hydroxylation sites is 1. The molecule has 1 rings (SSSR count). The number of hydrogen-bond acceptors (Lipinski definition) is 6. The van der Waals surface area contributed by atoms with Crippen LogP contribution in [0.5, 0.6) is 0 Å². The zero-order valence-electron chi connectivity index (χ0n) is 11.1. The molecule has 0 amide bonds. The van der Waals surface area contributed by atoms with Gasteiger partial charge in [-0.3, -0.25) is 4.72 Å². The molecule has 0 atom stereocenters. The fourth-order valence-corrected chi connectivity index (χ4v) is 4.12. The third-order valence-corrected chi connectivity index (χ3v) is 4.93. The molecule has 0 radical (unpaired) electrons. The first-order chi connectivity index (χ1) is 9.14. The summed E-state index contributed by atoms with van der Waals surface area (Å²) in [6.07, 6.45) is 0.971. The Kier molecular flexibility index (Phi) is 5.12. The highest BCUT2D eigenvalue weighted by Gasteiger charge is 2.16. The van der Waals surface area contributed by atoms with Gasteiger partial charge in [0.15, 0.2) is 0 Å². The van der Waals surface area contributed by atoms with E-state index in [2.05, 4.69) is 9.88 Å². The van der Waals surface area contributed by atoms with Gasteiger partial charge < -0.3 is 5.21 Å². The summed E-state index contributed by atoms with van der Waals surface area (Å²) in [7, 11) is -7.16. The van der Waals surface area contributed by atoms with E-state index in [-0.39, 0.29) is 11.4 Å². The smallest absolute Gasteiger partial charge is 0.233 e. The van der Waals surface area contributed by atoms with Gasteiger partial charge in [0.1, 0.15) is 9.84 Å². The van der Waals surface area contributed by atoms with Crippen molar-refractivity contribution in [2.24, 2.45) is 5.16 Å². The van der Waals surface area contributed by atoms with Crippen molar-refractivity contribution in [3.63, 3.8) is 0 Å². The average Bonchev–Trinajstić information content (AvgIpc) is 2.35. The van der Waals surface area contributed by atoms with Gasteiger partial charge in [0.2, 0.25) is 10.0 Å². The lowest BCUT2D eigenvalue weighted by molar-refractivity contribution is 0.319. The molecule has 0 aliphatic carbocycles. The van der Waals surface area contributed by atoms with E-state index >= 15 is 0 Å². The number of benzene rings is 1. The van der Waals surface area contributed by atoms with Crippen molar-refractivity contribution in [1.82, 2.24) is 0 Å². The molecule has 1 aromatic rings. The summed E-state index contributed by atoms with van der Waals surface area (Å²) >= 11 is 0. The van der Waals surface area contributed by atoms with Gasteiger partial charge in [-0.2, -0.15) is 0 Å². The molecule has 0 heterocycles. The maximum absolute atomic E-state index is 11.8. The number of sulfonamides is 1. The maximum Gasteiger partial charge on any atom is 0.233 e. The summed E-state index contributed by atoms with van der Waals surface area (Å²) in [5.74, 6) is -0.993. The minimum absolute atomic E-state index is 0.233. The second kappa shape index (κ2) is 6.23. The number of oxime groups is 1. The first kappa shape index (κ1) is 16.4. The third kappa shape index (κ3) is 5.17.